The van der Waals surface area contributed by atoms with Crippen LogP contribution in [-0.2, 0) is 15.0 Å². The molecule has 0 unspecified atom stereocenters. The van der Waals surface area contributed by atoms with Crippen LogP contribution in [0.2, 0.25) is 0 Å². The van der Waals surface area contributed by atoms with Gasteiger partial charge in [0.05, 0.1) is 19.1 Å². The third-order valence-electron chi connectivity index (χ3n) is 6.59. The van der Waals surface area contributed by atoms with E-state index in [9.17, 15) is 9.59 Å². The van der Waals surface area contributed by atoms with Crippen LogP contribution in [0.1, 0.15) is 44.6 Å². The second kappa shape index (κ2) is 10.1. The van der Waals surface area contributed by atoms with Crippen molar-refractivity contribution in [1.29, 1.82) is 0 Å². The maximum Gasteiger partial charge on any atom is 0.243 e. The Hall–Kier alpha value is -3.22. The van der Waals surface area contributed by atoms with E-state index in [-0.39, 0.29) is 18.4 Å². The Bertz CT molecular complexity index is 983. The van der Waals surface area contributed by atoms with E-state index < -0.39 is 5.41 Å². The first-order valence-electron chi connectivity index (χ1n) is 11.7. The Labute approximate surface area is 195 Å². The van der Waals surface area contributed by atoms with Gasteiger partial charge in [-0.05, 0) is 49.6 Å². The van der Waals surface area contributed by atoms with E-state index in [4.69, 9.17) is 14.2 Å². The van der Waals surface area contributed by atoms with Gasteiger partial charge in [-0.2, -0.15) is 0 Å². The zero-order valence-corrected chi connectivity index (χ0v) is 19.4. The highest BCUT2D eigenvalue weighted by Gasteiger charge is 2.43. The average Bonchev–Trinajstić information content (AvgIpc) is 2.87. The molecule has 7 nitrogen and oxygen atoms in total. The van der Waals surface area contributed by atoms with Gasteiger partial charge in [0, 0.05) is 18.3 Å². The predicted molar refractivity (Wildman–Crippen MR) is 126 cm³/mol. The van der Waals surface area contributed by atoms with Crippen LogP contribution in [0.4, 0.5) is 5.69 Å². The molecule has 1 saturated carbocycles. The predicted octanol–water partition coefficient (Wildman–Crippen LogP) is 4.16. The number of fused-ring (bicyclic) bond motifs is 1. The molecule has 1 heterocycles. The van der Waals surface area contributed by atoms with Crippen molar-refractivity contribution < 1.29 is 23.8 Å². The number of hydrogen-bond acceptors (Lipinski definition) is 5. The van der Waals surface area contributed by atoms with E-state index in [2.05, 4.69) is 5.32 Å². The Morgan fingerprint density at radius 3 is 2.36 bits per heavy atom. The summed E-state index contributed by atoms with van der Waals surface area (Å²) < 4.78 is 16.4. The summed E-state index contributed by atoms with van der Waals surface area (Å²) in [4.78, 5) is 28.4. The summed E-state index contributed by atoms with van der Waals surface area (Å²) in [6, 6.07) is 13.1. The van der Waals surface area contributed by atoms with E-state index in [1.807, 2.05) is 31.2 Å². The molecule has 0 saturated heterocycles. The molecule has 0 spiro atoms. The fraction of sp³-hybridized carbons (Fsp3) is 0.462. The summed E-state index contributed by atoms with van der Waals surface area (Å²) in [6.45, 7) is 3.38. The molecule has 1 aliphatic carbocycles. The van der Waals surface area contributed by atoms with E-state index in [1.165, 1.54) is 0 Å². The van der Waals surface area contributed by atoms with E-state index in [0.717, 1.165) is 43.4 Å². The largest absolute Gasteiger partial charge is 0.497 e. The zero-order chi connectivity index (χ0) is 23.3. The Morgan fingerprint density at radius 2 is 1.70 bits per heavy atom. The van der Waals surface area contributed by atoms with Gasteiger partial charge in [-0.25, -0.2) is 0 Å². The van der Waals surface area contributed by atoms with Crippen molar-refractivity contribution >= 4 is 17.5 Å². The van der Waals surface area contributed by atoms with Crippen molar-refractivity contribution in [2.24, 2.45) is 0 Å². The lowest BCUT2D eigenvalue weighted by atomic mass is 9.68. The highest BCUT2D eigenvalue weighted by atomic mass is 16.6. The van der Waals surface area contributed by atoms with Gasteiger partial charge in [-0.1, -0.05) is 31.4 Å². The molecule has 33 heavy (non-hydrogen) atoms. The lowest BCUT2D eigenvalue weighted by molar-refractivity contribution is -0.141. The first-order chi connectivity index (χ1) is 16.1. The molecule has 0 radical (unpaired) electrons. The Morgan fingerprint density at radius 1 is 1.00 bits per heavy atom. The second-order valence-corrected chi connectivity index (χ2v) is 8.60. The third kappa shape index (κ3) is 4.92. The summed E-state index contributed by atoms with van der Waals surface area (Å²) in [7, 11) is 1.63. The number of carbonyl (C=O) groups is 2. The molecule has 1 fully saturated rings. The highest BCUT2D eigenvalue weighted by Crippen LogP contribution is 2.41. The van der Waals surface area contributed by atoms with Crippen molar-refractivity contribution in [2.45, 2.75) is 44.4 Å². The number of ether oxygens (including phenoxy) is 3. The van der Waals surface area contributed by atoms with E-state index >= 15 is 0 Å². The number of nitrogens with zero attached hydrogens (tertiary/aromatic N) is 1. The van der Waals surface area contributed by atoms with Gasteiger partial charge in [0.1, 0.15) is 19.0 Å². The van der Waals surface area contributed by atoms with Gasteiger partial charge in [0.25, 0.3) is 0 Å². The number of methoxy groups -OCH3 is 1. The molecule has 0 atom stereocenters. The normalized spacial score (nSPS) is 16.5. The van der Waals surface area contributed by atoms with Crippen LogP contribution in [0.5, 0.6) is 17.2 Å². The molecule has 1 N–H and O–H groups in total. The van der Waals surface area contributed by atoms with Crippen molar-refractivity contribution in [3.63, 3.8) is 0 Å². The van der Waals surface area contributed by atoms with Crippen LogP contribution in [-0.4, -0.2) is 50.1 Å². The minimum Gasteiger partial charge on any atom is -0.497 e. The molecule has 2 aliphatic rings. The molecule has 4 rings (SSSR count). The van der Waals surface area contributed by atoms with Crippen LogP contribution >= 0.6 is 0 Å². The number of carbonyl (C=O) groups excluding carboxylic acids is 2. The molecular formula is C26H32N2O5. The molecule has 176 valence electrons. The molecular weight excluding hydrogens is 420 g/mol. The van der Waals surface area contributed by atoms with Crippen LogP contribution in [0.15, 0.2) is 42.5 Å². The number of hydrogen-bond donors (Lipinski definition) is 1. The molecule has 2 aromatic rings. The van der Waals surface area contributed by atoms with Crippen molar-refractivity contribution in [3.8, 4) is 17.2 Å². The summed E-state index contributed by atoms with van der Waals surface area (Å²) >= 11 is 0. The zero-order valence-electron chi connectivity index (χ0n) is 19.4. The lowest BCUT2D eigenvalue weighted by Gasteiger charge is -2.40. The number of nitrogens with one attached hydrogen (secondary N) is 1. The maximum absolute atomic E-state index is 13.9. The lowest BCUT2D eigenvalue weighted by Crippen LogP contribution is -2.50. The summed E-state index contributed by atoms with van der Waals surface area (Å²) in [5, 5.41) is 2.90. The first-order valence-corrected chi connectivity index (χ1v) is 11.7. The summed E-state index contributed by atoms with van der Waals surface area (Å²) in [5.74, 6) is 1.84. The van der Waals surface area contributed by atoms with Gasteiger partial charge in [0.2, 0.25) is 11.8 Å². The average molecular weight is 453 g/mol. The van der Waals surface area contributed by atoms with Crippen LogP contribution in [0.25, 0.3) is 0 Å². The Kier molecular flexibility index (Phi) is 7.06. The van der Waals surface area contributed by atoms with Gasteiger partial charge >= 0.3 is 0 Å². The monoisotopic (exact) mass is 452 g/mol. The summed E-state index contributed by atoms with van der Waals surface area (Å²) in [6.07, 6.45) is 4.70. The smallest absolute Gasteiger partial charge is 0.243 e. The number of rotatable bonds is 7. The molecule has 0 aromatic heterocycles. The SMILES string of the molecule is CCN(CC(=O)Nc1ccc2c(c1)OCCO2)C(=O)C1(c2ccc(OC)cc2)CCCCC1. The van der Waals surface area contributed by atoms with Crippen LogP contribution < -0.4 is 19.5 Å². The second-order valence-electron chi connectivity index (χ2n) is 8.60. The number of benzene rings is 2. The number of anilines is 1. The van der Waals surface area contributed by atoms with Gasteiger partial charge in [-0.3, -0.25) is 9.59 Å². The van der Waals surface area contributed by atoms with Gasteiger partial charge in [-0.15, -0.1) is 0 Å². The first kappa shape index (κ1) is 23.0. The fourth-order valence-corrected chi connectivity index (χ4v) is 4.82. The summed E-state index contributed by atoms with van der Waals surface area (Å²) in [5.41, 5.74) is 1.02. The molecule has 0 bridgehead atoms. The van der Waals surface area contributed by atoms with E-state index in [0.29, 0.717) is 36.9 Å². The van der Waals surface area contributed by atoms with Gasteiger partial charge in [0.15, 0.2) is 11.5 Å². The quantitative estimate of drug-likeness (QED) is 0.683. The third-order valence-corrected chi connectivity index (χ3v) is 6.59. The minimum absolute atomic E-state index is 0.00167. The van der Waals surface area contributed by atoms with Gasteiger partial charge < -0.3 is 24.4 Å². The van der Waals surface area contributed by atoms with Crippen molar-refractivity contribution in [3.05, 3.63) is 48.0 Å². The molecule has 7 heteroatoms. The molecule has 2 amide bonds. The fourth-order valence-electron chi connectivity index (χ4n) is 4.82. The Balaban J connectivity index is 1.49. The highest BCUT2D eigenvalue weighted by molar-refractivity contribution is 5.97. The minimum atomic E-state index is -0.599. The van der Waals surface area contributed by atoms with Crippen LogP contribution in [0, 0.1) is 0 Å². The number of amides is 2. The molecule has 1 aliphatic heterocycles. The van der Waals surface area contributed by atoms with E-state index in [1.54, 1.807) is 30.2 Å². The van der Waals surface area contributed by atoms with Crippen molar-refractivity contribution in [2.75, 3.05) is 38.7 Å². The van der Waals surface area contributed by atoms with Crippen molar-refractivity contribution in [1.82, 2.24) is 4.90 Å². The molecule has 2 aromatic carbocycles. The topological polar surface area (TPSA) is 77.1 Å². The van der Waals surface area contributed by atoms with Crippen LogP contribution in [0.3, 0.4) is 0 Å². The standard InChI is InChI=1S/C26H32N2O5/c1-3-28(18-24(29)27-20-9-12-22-23(17-20)33-16-15-32-22)25(30)26(13-5-4-6-14-26)19-7-10-21(31-2)11-8-19/h7-12,17H,3-6,13-16,18H2,1-2H3,(H,27,29). The maximum atomic E-state index is 13.9. The number of likely N-dealkylation sites (N-methyl/N-ethyl adjacent to an activating group) is 1.